The van der Waals surface area contributed by atoms with Gasteiger partial charge in [-0.25, -0.2) is 4.98 Å². The molecule has 0 aliphatic carbocycles. The van der Waals surface area contributed by atoms with Crippen molar-refractivity contribution in [3.63, 3.8) is 0 Å². The van der Waals surface area contributed by atoms with Gasteiger partial charge < -0.3 is 9.30 Å². The fourth-order valence-electron chi connectivity index (χ4n) is 3.16. The van der Waals surface area contributed by atoms with Crippen LogP contribution in [0.4, 0.5) is 0 Å². The molecule has 0 bridgehead atoms. The molecule has 0 radical (unpaired) electrons. The van der Waals surface area contributed by atoms with Crippen molar-refractivity contribution >= 4 is 11.0 Å². The van der Waals surface area contributed by atoms with Crippen molar-refractivity contribution in [1.29, 1.82) is 0 Å². The summed E-state index contributed by atoms with van der Waals surface area (Å²) in [4.78, 5) is 4.70. The van der Waals surface area contributed by atoms with Crippen molar-refractivity contribution in [2.45, 2.75) is 40.2 Å². The van der Waals surface area contributed by atoms with E-state index in [9.17, 15) is 0 Å². The third kappa shape index (κ3) is 3.76. The Kier molecular flexibility index (Phi) is 5.22. The third-order valence-electron chi connectivity index (χ3n) is 4.68. The Labute approximate surface area is 150 Å². The molecule has 3 rings (SSSR count). The number of aromatic nitrogens is 2. The average Bonchev–Trinajstić information content (AvgIpc) is 2.88. The topological polar surface area (TPSA) is 27.1 Å². The summed E-state index contributed by atoms with van der Waals surface area (Å²) in [5.41, 5.74) is 6.08. The first-order chi connectivity index (χ1) is 12.1. The van der Waals surface area contributed by atoms with Gasteiger partial charge in [0.05, 0.1) is 17.6 Å². The maximum atomic E-state index is 6.00. The zero-order valence-corrected chi connectivity index (χ0v) is 15.4. The molecule has 0 saturated heterocycles. The van der Waals surface area contributed by atoms with Gasteiger partial charge in [-0.05, 0) is 68.5 Å². The van der Waals surface area contributed by atoms with Gasteiger partial charge in [0.15, 0.2) is 0 Å². The molecular weight excluding hydrogens is 308 g/mol. The van der Waals surface area contributed by atoms with E-state index in [4.69, 9.17) is 9.72 Å². The summed E-state index contributed by atoms with van der Waals surface area (Å²) in [5.74, 6) is 2.02. The van der Waals surface area contributed by atoms with Crippen LogP contribution in [-0.2, 0) is 13.0 Å². The molecular formula is C22H26N2O. The van der Waals surface area contributed by atoms with E-state index < -0.39 is 0 Å². The van der Waals surface area contributed by atoms with E-state index in [0.29, 0.717) is 6.61 Å². The monoisotopic (exact) mass is 334 g/mol. The molecule has 0 N–H and O–H groups in total. The quantitative estimate of drug-likeness (QED) is 0.441. The van der Waals surface area contributed by atoms with Crippen LogP contribution in [0, 0.1) is 20.8 Å². The number of allylic oxidation sites excluding steroid dienone is 1. The smallest absolute Gasteiger partial charge is 0.122 e. The molecule has 0 fully saturated rings. The lowest BCUT2D eigenvalue weighted by Crippen LogP contribution is -2.07. The minimum Gasteiger partial charge on any atom is -0.493 e. The van der Waals surface area contributed by atoms with Crippen LogP contribution < -0.4 is 4.74 Å². The molecule has 0 aliphatic heterocycles. The number of imidazole rings is 1. The molecule has 3 aromatic rings. The molecule has 2 aromatic carbocycles. The molecule has 0 amide bonds. The Morgan fingerprint density at radius 2 is 1.88 bits per heavy atom. The minimum atomic E-state index is 0.693. The van der Waals surface area contributed by atoms with Gasteiger partial charge >= 0.3 is 0 Å². The van der Waals surface area contributed by atoms with Crippen molar-refractivity contribution in [2.24, 2.45) is 0 Å². The second kappa shape index (κ2) is 7.56. The van der Waals surface area contributed by atoms with Crippen LogP contribution in [0.25, 0.3) is 11.0 Å². The summed E-state index contributed by atoms with van der Waals surface area (Å²) in [6.07, 6.45) is 3.69. The highest BCUT2D eigenvalue weighted by atomic mass is 16.5. The molecule has 0 spiro atoms. The van der Waals surface area contributed by atoms with Gasteiger partial charge in [-0.3, -0.25) is 0 Å². The number of nitrogens with zero attached hydrogens (tertiary/aromatic N) is 2. The van der Waals surface area contributed by atoms with Crippen molar-refractivity contribution in [3.05, 3.63) is 71.6 Å². The zero-order chi connectivity index (χ0) is 17.8. The summed E-state index contributed by atoms with van der Waals surface area (Å²) < 4.78 is 8.29. The number of fused-ring (bicyclic) bond motifs is 1. The van der Waals surface area contributed by atoms with E-state index >= 15 is 0 Å². The van der Waals surface area contributed by atoms with Crippen LogP contribution in [0.3, 0.4) is 0 Å². The number of para-hydroxylation sites is 1. The first kappa shape index (κ1) is 17.3. The maximum Gasteiger partial charge on any atom is 0.122 e. The normalized spacial score (nSPS) is 11.0. The van der Waals surface area contributed by atoms with E-state index in [1.165, 1.54) is 22.2 Å². The van der Waals surface area contributed by atoms with Gasteiger partial charge in [0.25, 0.3) is 0 Å². The number of hydrogen-bond donors (Lipinski definition) is 0. The summed E-state index contributed by atoms with van der Waals surface area (Å²) in [6, 6.07) is 12.6. The highest BCUT2D eigenvalue weighted by Crippen LogP contribution is 2.22. The standard InChI is InChI=1S/C22H26N2O/c1-5-9-19-10-6-7-11-22(19)25-13-8-12-24-18(4)23-20-14-16(2)17(3)15-21(20)24/h5-7,10-11,14-15H,1,8-9,12-13H2,2-4H3. The molecule has 130 valence electrons. The van der Waals surface area contributed by atoms with Gasteiger partial charge in [-0.1, -0.05) is 24.3 Å². The van der Waals surface area contributed by atoms with E-state index in [0.717, 1.165) is 36.5 Å². The molecule has 3 heteroatoms. The van der Waals surface area contributed by atoms with Gasteiger partial charge in [-0.2, -0.15) is 0 Å². The lowest BCUT2D eigenvalue weighted by molar-refractivity contribution is 0.299. The van der Waals surface area contributed by atoms with Gasteiger partial charge in [0, 0.05) is 6.54 Å². The molecule has 25 heavy (non-hydrogen) atoms. The summed E-state index contributed by atoms with van der Waals surface area (Å²) in [6.45, 7) is 11.8. The van der Waals surface area contributed by atoms with E-state index in [1.807, 2.05) is 24.3 Å². The molecule has 0 atom stereocenters. The van der Waals surface area contributed by atoms with Crippen molar-refractivity contribution < 1.29 is 4.74 Å². The Morgan fingerprint density at radius 1 is 1.12 bits per heavy atom. The molecule has 3 nitrogen and oxygen atoms in total. The van der Waals surface area contributed by atoms with Gasteiger partial charge in [0.2, 0.25) is 0 Å². The largest absolute Gasteiger partial charge is 0.493 e. The van der Waals surface area contributed by atoms with Crippen molar-refractivity contribution in [2.75, 3.05) is 6.61 Å². The van der Waals surface area contributed by atoms with Crippen molar-refractivity contribution in [1.82, 2.24) is 9.55 Å². The SMILES string of the molecule is C=CCc1ccccc1OCCCn1c(C)nc2cc(C)c(C)cc21. The first-order valence-electron chi connectivity index (χ1n) is 8.86. The highest BCUT2D eigenvalue weighted by Gasteiger charge is 2.09. The van der Waals surface area contributed by atoms with E-state index in [-0.39, 0.29) is 0 Å². The number of ether oxygens (including phenoxy) is 1. The Hall–Kier alpha value is -2.55. The molecule has 0 saturated carbocycles. The number of benzene rings is 2. The molecule has 1 aromatic heterocycles. The second-order valence-corrected chi connectivity index (χ2v) is 6.54. The Bertz CT molecular complexity index is 892. The van der Waals surface area contributed by atoms with Gasteiger partial charge in [0.1, 0.15) is 11.6 Å². The fraction of sp³-hybridized carbons (Fsp3) is 0.318. The predicted molar refractivity (Wildman–Crippen MR) is 104 cm³/mol. The van der Waals surface area contributed by atoms with Crippen LogP contribution in [0.1, 0.15) is 28.9 Å². The van der Waals surface area contributed by atoms with Gasteiger partial charge in [-0.15, -0.1) is 6.58 Å². The zero-order valence-electron chi connectivity index (χ0n) is 15.4. The summed E-state index contributed by atoms with van der Waals surface area (Å²) in [7, 11) is 0. The van der Waals surface area contributed by atoms with E-state index in [2.05, 4.69) is 50.1 Å². The number of hydrogen-bond acceptors (Lipinski definition) is 2. The van der Waals surface area contributed by atoms with Crippen LogP contribution in [0.5, 0.6) is 5.75 Å². The molecule has 0 aliphatic rings. The Morgan fingerprint density at radius 3 is 2.68 bits per heavy atom. The second-order valence-electron chi connectivity index (χ2n) is 6.54. The Balaban J connectivity index is 1.67. The van der Waals surface area contributed by atoms with Crippen LogP contribution in [0.2, 0.25) is 0 Å². The summed E-state index contributed by atoms with van der Waals surface area (Å²) >= 11 is 0. The fourth-order valence-corrected chi connectivity index (χ4v) is 3.16. The lowest BCUT2D eigenvalue weighted by atomic mass is 10.1. The van der Waals surface area contributed by atoms with Crippen LogP contribution >= 0.6 is 0 Å². The average molecular weight is 334 g/mol. The molecule has 0 unspecified atom stereocenters. The number of aryl methyl sites for hydroxylation is 4. The number of rotatable bonds is 7. The predicted octanol–water partition coefficient (Wildman–Crippen LogP) is 5.16. The van der Waals surface area contributed by atoms with Crippen LogP contribution in [-0.4, -0.2) is 16.2 Å². The lowest BCUT2D eigenvalue weighted by Gasteiger charge is -2.12. The van der Waals surface area contributed by atoms with Crippen molar-refractivity contribution in [3.8, 4) is 5.75 Å². The minimum absolute atomic E-state index is 0.693. The molecule has 1 heterocycles. The highest BCUT2D eigenvalue weighted by molar-refractivity contribution is 5.78. The summed E-state index contributed by atoms with van der Waals surface area (Å²) in [5, 5.41) is 0. The van der Waals surface area contributed by atoms with E-state index in [1.54, 1.807) is 0 Å². The first-order valence-corrected chi connectivity index (χ1v) is 8.86. The van der Waals surface area contributed by atoms with Crippen LogP contribution in [0.15, 0.2) is 49.1 Å². The third-order valence-corrected chi connectivity index (χ3v) is 4.68. The maximum absolute atomic E-state index is 6.00.